The van der Waals surface area contributed by atoms with Gasteiger partial charge in [0.1, 0.15) is 16.3 Å². The number of aromatic nitrogens is 1. The lowest BCUT2D eigenvalue weighted by Gasteiger charge is -2.01. The molecule has 0 fully saturated rings. The molecule has 0 aliphatic carbocycles. The highest BCUT2D eigenvalue weighted by Gasteiger charge is 2.11. The van der Waals surface area contributed by atoms with Gasteiger partial charge >= 0.3 is 0 Å². The van der Waals surface area contributed by atoms with Crippen LogP contribution >= 0.6 is 11.3 Å². The monoisotopic (exact) mass is 237 g/mol. The lowest BCUT2D eigenvalue weighted by Crippen LogP contribution is -2.13. The standard InChI is InChI=1S/C10H11N3O2S/c1-15-6-2-5(11)3-7-10(6)13-9(16-7)4-8(12)14/h2-3H,4,11H2,1H3,(H2,12,14). The molecule has 1 heterocycles. The van der Waals surface area contributed by atoms with Crippen molar-refractivity contribution in [2.75, 3.05) is 12.8 Å². The first-order valence-electron chi connectivity index (χ1n) is 4.61. The molecule has 0 aliphatic rings. The number of ether oxygens (including phenoxy) is 1. The molecule has 0 unspecified atom stereocenters. The number of nitrogens with two attached hydrogens (primary N) is 2. The van der Waals surface area contributed by atoms with Crippen LogP contribution in [0.1, 0.15) is 5.01 Å². The number of thiazole rings is 1. The highest BCUT2D eigenvalue weighted by molar-refractivity contribution is 7.18. The summed E-state index contributed by atoms with van der Waals surface area (Å²) in [7, 11) is 1.56. The fraction of sp³-hybridized carbons (Fsp3) is 0.200. The first-order chi connectivity index (χ1) is 7.60. The second-order valence-corrected chi connectivity index (χ2v) is 4.44. The van der Waals surface area contributed by atoms with Gasteiger partial charge in [-0.25, -0.2) is 4.98 Å². The maximum atomic E-state index is 10.8. The van der Waals surface area contributed by atoms with Crippen molar-refractivity contribution < 1.29 is 9.53 Å². The Labute approximate surface area is 96.0 Å². The molecule has 2 aromatic rings. The fourth-order valence-corrected chi connectivity index (χ4v) is 2.49. The Hall–Kier alpha value is -1.82. The van der Waals surface area contributed by atoms with Gasteiger partial charge in [0.15, 0.2) is 0 Å². The van der Waals surface area contributed by atoms with Gasteiger partial charge in [0.05, 0.1) is 18.2 Å². The van der Waals surface area contributed by atoms with E-state index in [2.05, 4.69) is 4.98 Å². The quantitative estimate of drug-likeness (QED) is 0.776. The number of primary amides is 1. The molecule has 0 spiro atoms. The van der Waals surface area contributed by atoms with Gasteiger partial charge in [-0.1, -0.05) is 0 Å². The number of anilines is 1. The zero-order valence-corrected chi connectivity index (χ0v) is 9.50. The van der Waals surface area contributed by atoms with Crippen LogP contribution in [-0.2, 0) is 11.2 Å². The molecule has 2 rings (SSSR count). The van der Waals surface area contributed by atoms with Crippen LogP contribution in [0.3, 0.4) is 0 Å². The Kier molecular flexibility index (Phi) is 2.66. The van der Waals surface area contributed by atoms with E-state index in [-0.39, 0.29) is 6.42 Å². The summed E-state index contributed by atoms with van der Waals surface area (Å²) in [6.45, 7) is 0. The predicted octanol–water partition coefficient (Wildman–Crippen LogP) is 0.915. The summed E-state index contributed by atoms with van der Waals surface area (Å²) in [6, 6.07) is 3.51. The summed E-state index contributed by atoms with van der Waals surface area (Å²) in [5.41, 5.74) is 12.2. The van der Waals surface area contributed by atoms with Crippen LogP contribution in [0.2, 0.25) is 0 Å². The molecule has 84 valence electrons. The number of carbonyl (C=O) groups excluding carboxylic acids is 1. The van der Waals surface area contributed by atoms with E-state index in [1.807, 2.05) is 0 Å². The molecule has 0 atom stereocenters. The van der Waals surface area contributed by atoms with Crippen molar-refractivity contribution in [2.45, 2.75) is 6.42 Å². The molecule has 0 radical (unpaired) electrons. The largest absolute Gasteiger partial charge is 0.494 e. The number of methoxy groups -OCH3 is 1. The van der Waals surface area contributed by atoms with Gasteiger partial charge in [-0.05, 0) is 6.07 Å². The fourth-order valence-electron chi connectivity index (χ4n) is 1.45. The number of amides is 1. The summed E-state index contributed by atoms with van der Waals surface area (Å²) < 4.78 is 6.07. The molecular weight excluding hydrogens is 226 g/mol. The Bertz CT molecular complexity index is 550. The molecule has 1 aromatic heterocycles. The zero-order valence-electron chi connectivity index (χ0n) is 8.69. The molecule has 0 aliphatic heterocycles. The minimum absolute atomic E-state index is 0.141. The lowest BCUT2D eigenvalue weighted by atomic mass is 10.3. The van der Waals surface area contributed by atoms with Crippen LogP contribution in [0.15, 0.2) is 12.1 Å². The SMILES string of the molecule is COc1cc(N)cc2sc(CC(N)=O)nc12. The number of fused-ring (bicyclic) bond motifs is 1. The van der Waals surface area contributed by atoms with Gasteiger partial charge in [0.25, 0.3) is 0 Å². The summed E-state index contributed by atoms with van der Waals surface area (Å²) in [6.07, 6.45) is 0.141. The van der Waals surface area contributed by atoms with Crippen LogP contribution in [0.4, 0.5) is 5.69 Å². The Morgan fingerprint density at radius 1 is 1.56 bits per heavy atom. The third-order valence-corrected chi connectivity index (χ3v) is 3.07. The number of nitrogens with zero attached hydrogens (tertiary/aromatic N) is 1. The van der Waals surface area contributed by atoms with Crippen LogP contribution < -0.4 is 16.2 Å². The van der Waals surface area contributed by atoms with Crippen molar-refractivity contribution in [3.63, 3.8) is 0 Å². The Morgan fingerprint density at radius 3 is 2.94 bits per heavy atom. The molecule has 0 saturated heterocycles. The smallest absolute Gasteiger partial charge is 0.224 e. The molecule has 1 amide bonds. The normalized spacial score (nSPS) is 10.6. The van der Waals surface area contributed by atoms with Gasteiger partial charge in [-0.3, -0.25) is 4.79 Å². The molecule has 0 saturated carbocycles. The first kappa shape index (κ1) is 10.7. The third-order valence-electron chi connectivity index (χ3n) is 2.07. The topological polar surface area (TPSA) is 91.2 Å². The average molecular weight is 237 g/mol. The molecule has 1 aromatic carbocycles. The van der Waals surface area contributed by atoms with Gasteiger partial charge in [0, 0.05) is 11.8 Å². The number of nitrogen functional groups attached to an aromatic ring is 1. The maximum absolute atomic E-state index is 10.8. The van der Waals surface area contributed by atoms with Crippen molar-refractivity contribution in [3.8, 4) is 5.75 Å². The first-order valence-corrected chi connectivity index (χ1v) is 5.43. The van der Waals surface area contributed by atoms with E-state index in [4.69, 9.17) is 16.2 Å². The van der Waals surface area contributed by atoms with Gasteiger partial charge in [0.2, 0.25) is 5.91 Å². The second kappa shape index (κ2) is 3.97. The third kappa shape index (κ3) is 1.92. The number of benzene rings is 1. The van der Waals surface area contributed by atoms with Gasteiger partial charge in [-0.2, -0.15) is 0 Å². The Balaban J connectivity index is 2.55. The van der Waals surface area contributed by atoms with E-state index >= 15 is 0 Å². The summed E-state index contributed by atoms with van der Waals surface area (Å²) in [5, 5.41) is 0.673. The Morgan fingerprint density at radius 2 is 2.31 bits per heavy atom. The van der Waals surface area contributed by atoms with E-state index in [0.717, 1.165) is 10.2 Å². The lowest BCUT2D eigenvalue weighted by molar-refractivity contribution is -0.117. The van der Waals surface area contributed by atoms with Crippen molar-refractivity contribution in [1.82, 2.24) is 4.98 Å². The maximum Gasteiger partial charge on any atom is 0.224 e. The predicted molar refractivity (Wildman–Crippen MR) is 63.5 cm³/mol. The number of hydrogen-bond acceptors (Lipinski definition) is 5. The summed E-state index contributed by atoms with van der Waals surface area (Å²) in [4.78, 5) is 15.1. The number of hydrogen-bond donors (Lipinski definition) is 2. The van der Waals surface area contributed by atoms with Crippen molar-refractivity contribution in [1.29, 1.82) is 0 Å². The molecule has 0 bridgehead atoms. The van der Waals surface area contributed by atoms with Crippen LogP contribution in [0, 0.1) is 0 Å². The molecule has 4 N–H and O–H groups in total. The number of rotatable bonds is 3. The minimum atomic E-state index is -0.397. The minimum Gasteiger partial charge on any atom is -0.494 e. The summed E-state index contributed by atoms with van der Waals surface area (Å²) in [5.74, 6) is 0.216. The van der Waals surface area contributed by atoms with E-state index in [1.54, 1.807) is 19.2 Å². The van der Waals surface area contributed by atoms with Gasteiger partial charge < -0.3 is 16.2 Å². The zero-order chi connectivity index (χ0) is 11.7. The van der Waals surface area contributed by atoms with Crippen LogP contribution in [-0.4, -0.2) is 18.0 Å². The van der Waals surface area contributed by atoms with Crippen molar-refractivity contribution in [2.24, 2.45) is 5.73 Å². The molecular formula is C10H11N3O2S. The van der Waals surface area contributed by atoms with E-state index in [9.17, 15) is 4.79 Å². The molecule has 6 heteroatoms. The van der Waals surface area contributed by atoms with E-state index in [1.165, 1.54) is 11.3 Å². The average Bonchev–Trinajstić information content (AvgIpc) is 2.57. The van der Waals surface area contributed by atoms with Crippen molar-refractivity contribution in [3.05, 3.63) is 17.1 Å². The van der Waals surface area contributed by atoms with Crippen LogP contribution in [0.5, 0.6) is 5.75 Å². The molecule has 16 heavy (non-hydrogen) atoms. The van der Waals surface area contributed by atoms with Crippen molar-refractivity contribution >= 4 is 33.1 Å². The van der Waals surface area contributed by atoms with Crippen LogP contribution in [0.25, 0.3) is 10.2 Å². The van der Waals surface area contributed by atoms with Gasteiger partial charge in [-0.15, -0.1) is 11.3 Å². The van der Waals surface area contributed by atoms with E-state index < -0.39 is 5.91 Å². The highest BCUT2D eigenvalue weighted by atomic mass is 32.1. The van der Waals surface area contributed by atoms with E-state index in [0.29, 0.717) is 16.4 Å². The number of carbonyl (C=O) groups is 1. The highest BCUT2D eigenvalue weighted by Crippen LogP contribution is 2.32. The molecule has 5 nitrogen and oxygen atoms in total. The second-order valence-electron chi connectivity index (χ2n) is 3.32. The summed E-state index contributed by atoms with van der Waals surface area (Å²) >= 11 is 1.40.